The maximum absolute atomic E-state index is 10.5. The average Bonchev–Trinajstić information content (AvgIpc) is 2.60. The predicted molar refractivity (Wildman–Crippen MR) is 53.6 cm³/mol. The number of carbonyl (C=O) groups excluding carboxylic acids is 1. The molecule has 1 heterocycles. The maximum Gasteiger partial charge on any atom is 0.216 e. The highest BCUT2D eigenvalue weighted by atomic mass is 16.5. The lowest BCUT2D eigenvalue weighted by Crippen LogP contribution is -2.24. The monoisotopic (exact) mass is 187 g/mol. The van der Waals surface area contributed by atoms with Crippen molar-refractivity contribution in [1.82, 2.24) is 5.32 Å². The SMILES string of the molecule is CC.CC(=O)NCCC1CCCO1. The summed E-state index contributed by atoms with van der Waals surface area (Å²) >= 11 is 0. The highest BCUT2D eigenvalue weighted by Gasteiger charge is 2.14. The number of hydrogen-bond acceptors (Lipinski definition) is 2. The van der Waals surface area contributed by atoms with Gasteiger partial charge in [-0.3, -0.25) is 4.79 Å². The molecular formula is C10H21NO2. The lowest BCUT2D eigenvalue weighted by atomic mass is 10.2. The van der Waals surface area contributed by atoms with Crippen molar-refractivity contribution in [1.29, 1.82) is 0 Å². The van der Waals surface area contributed by atoms with E-state index < -0.39 is 0 Å². The number of nitrogens with one attached hydrogen (secondary N) is 1. The third kappa shape index (κ3) is 6.58. The van der Waals surface area contributed by atoms with Gasteiger partial charge >= 0.3 is 0 Å². The van der Waals surface area contributed by atoms with E-state index in [2.05, 4.69) is 5.32 Å². The molecule has 1 atom stereocenters. The van der Waals surface area contributed by atoms with E-state index in [1.807, 2.05) is 13.8 Å². The van der Waals surface area contributed by atoms with Gasteiger partial charge in [-0.15, -0.1) is 0 Å². The molecule has 3 heteroatoms. The fourth-order valence-corrected chi connectivity index (χ4v) is 1.28. The average molecular weight is 187 g/mol. The van der Waals surface area contributed by atoms with Crippen LogP contribution >= 0.6 is 0 Å². The molecule has 1 fully saturated rings. The van der Waals surface area contributed by atoms with Crippen molar-refractivity contribution < 1.29 is 9.53 Å². The van der Waals surface area contributed by atoms with Crippen LogP contribution in [-0.4, -0.2) is 25.2 Å². The minimum atomic E-state index is 0.0444. The van der Waals surface area contributed by atoms with Gasteiger partial charge < -0.3 is 10.1 Å². The summed E-state index contributed by atoms with van der Waals surface area (Å²) in [6.45, 7) is 7.18. The minimum absolute atomic E-state index is 0.0444. The maximum atomic E-state index is 10.5. The Morgan fingerprint density at radius 1 is 1.54 bits per heavy atom. The summed E-state index contributed by atoms with van der Waals surface area (Å²) in [5, 5.41) is 2.75. The zero-order chi connectivity index (χ0) is 10.1. The van der Waals surface area contributed by atoms with Crippen LogP contribution in [-0.2, 0) is 9.53 Å². The minimum Gasteiger partial charge on any atom is -0.378 e. The van der Waals surface area contributed by atoms with Crippen molar-refractivity contribution in [3.05, 3.63) is 0 Å². The molecule has 1 aliphatic heterocycles. The zero-order valence-corrected chi connectivity index (χ0v) is 8.93. The van der Waals surface area contributed by atoms with E-state index in [9.17, 15) is 4.79 Å². The van der Waals surface area contributed by atoms with E-state index in [4.69, 9.17) is 4.74 Å². The van der Waals surface area contributed by atoms with Crippen LogP contribution in [0.1, 0.15) is 40.0 Å². The first-order chi connectivity index (χ1) is 6.29. The van der Waals surface area contributed by atoms with E-state index in [-0.39, 0.29) is 5.91 Å². The molecule has 1 amide bonds. The molecule has 0 saturated carbocycles. The van der Waals surface area contributed by atoms with Gasteiger partial charge in [0.2, 0.25) is 5.91 Å². The van der Waals surface area contributed by atoms with E-state index in [0.717, 1.165) is 26.0 Å². The first kappa shape index (κ1) is 12.4. The molecule has 3 nitrogen and oxygen atoms in total. The van der Waals surface area contributed by atoms with E-state index >= 15 is 0 Å². The Bertz CT molecular complexity index is 131. The van der Waals surface area contributed by atoms with Gasteiger partial charge in [0.1, 0.15) is 0 Å². The van der Waals surface area contributed by atoms with Crippen molar-refractivity contribution in [2.75, 3.05) is 13.2 Å². The van der Waals surface area contributed by atoms with Crippen LogP contribution in [0.4, 0.5) is 0 Å². The molecule has 0 radical (unpaired) electrons. The lowest BCUT2D eigenvalue weighted by Gasteiger charge is -2.08. The molecule has 78 valence electrons. The number of carbonyl (C=O) groups is 1. The summed E-state index contributed by atoms with van der Waals surface area (Å²) in [4.78, 5) is 10.5. The van der Waals surface area contributed by atoms with Gasteiger partial charge in [0.05, 0.1) is 6.10 Å². The molecule has 1 saturated heterocycles. The Balaban J connectivity index is 0.000000671. The number of hydrogen-bond donors (Lipinski definition) is 1. The molecule has 1 rings (SSSR count). The van der Waals surface area contributed by atoms with Crippen LogP contribution in [0.2, 0.25) is 0 Å². The molecule has 0 aliphatic carbocycles. The third-order valence-corrected chi connectivity index (χ3v) is 1.86. The van der Waals surface area contributed by atoms with Gasteiger partial charge in [0.25, 0.3) is 0 Å². The van der Waals surface area contributed by atoms with Crippen molar-refractivity contribution in [3.63, 3.8) is 0 Å². The quantitative estimate of drug-likeness (QED) is 0.730. The molecule has 0 aromatic rings. The Kier molecular flexibility index (Phi) is 7.69. The van der Waals surface area contributed by atoms with Crippen molar-refractivity contribution in [3.8, 4) is 0 Å². The first-order valence-corrected chi connectivity index (χ1v) is 5.15. The predicted octanol–water partition coefficient (Wildman–Crippen LogP) is 1.72. The summed E-state index contributed by atoms with van der Waals surface area (Å²) in [7, 11) is 0. The van der Waals surface area contributed by atoms with Crippen molar-refractivity contribution >= 4 is 5.91 Å². The summed E-state index contributed by atoms with van der Waals surface area (Å²) in [5.41, 5.74) is 0. The van der Waals surface area contributed by atoms with Crippen molar-refractivity contribution in [2.24, 2.45) is 0 Å². The van der Waals surface area contributed by atoms with Crippen LogP contribution < -0.4 is 5.32 Å². The standard InChI is InChI=1S/C8H15NO2.C2H6/c1-7(10)9-5-4-8-3-2-6-11-8;1-2/h8H,2-6H2,1H3,(H,9,10);1-2H3. The zero-order valence-electron chi connectivity index (χ0n) is 8.93. The Morgan fingerprint density at radius 2 is 2.23 bits per heavy atom. The Labute approximate surface area is 80.8 Å². The third-order valence-electron chi connectivity index (χ3n) is 1.86. The van der Waals surface area contributed by atoms with Crippen LogP contribution in [0.3, 0.4) is 0 Å². The lowest BCUT2D eigenvalue weighted by molar-refractivity contribution is -0.119. The molecule has 13 heavy (non-hydrogen) atoms. The first-order valence-electron chi connectivity index (χ1n) is 5.15. The van der Waals surface area contributed by atoms with Gasteiger partial charge in [-0.1, -0.05) is 13.8 Å². The van der Waals surface area contributed by atoms with E-state index in [1.165, 1.54) is 13.3 Å². The van der Waals surface area contributed by atoms with Gasteiger partial charge in [-0.05, 0) is 19.3 Å². The topological polar surface area (TPSA) is 38.3 Å². The van der Waals surface area contributed by atoms with Crippen LogP contribution in [0.25, 0.3) is 0 Å². The molecule has 0 aromatic heterocycles. The van der Waals surface area contributed by atoms with Gasteiger partial charge in [0, 0.05) is 20.1 Å². The molecular weight excluding hydrogens is 166 g/mol. The van der Waals surface area contributed by atoms with Crippen molar-refractivity contribution in [2.45, 2.75) is 46.1 Å². The highest BCUT2D eigenvalue weighted by molar-refractivity contribution is 5.72. The normalized spacial score (nSPS) is 20.4. The fraction of sp³-hybridized carbons (Fsp3) is 0.900. The number of rotatable bonds is 3. The fourth-order valence-electron chi connectivity index (χ4n) is 1.28. The molecule has 1 aliphatic rings. The largest absolute Gasteiger partial charge is 0.378 e. The summed E-state index contributed by atoms with van der Waals surface area (Å²) in [6.07, 6.45) is 3.67. The second kappa shape index (κ2) is 8.05. The molecule has 0 aromatic carbocycles. The Morgan fingerprint density at radius 3 is 2.69 bits per heavy atom. The highest BCUT2D eigenvalue weighted by Crippen LogP contribution is 2.14. The summed E-state index contributed by atoms with van der Waals surface area (Å²) < 4.78 is 5.38. The second-order valence-electron chi connectivity index (χ2n) is 2.91. The Hall–Kier alpha value is -0.570. The smallest absolute Gasteiger partial charge is 0.216 e. The number of amides is 1. The molecule has 0 spiro atoms. The van der Waals surface area contributed by atoms with Crippen LogP contribution in [0.5, 0.6) is 0 Å². The van der Waals surface area contributed by atoms with Gasteiger partial charge in [-0.2, -0.15) is 0 Å². The van der Waals surface area contributed by atoms with Crippen LogP contribution in [0, 0.1) is 0 Å². The number of ether oxygens (including phenoxy) is 1. The molecule has 1 unspecified atom stereocenters. The molecule has 1 N–H and O–H groups in total. The summed E-state index contributed by atoms with van der Waals surface area (Å²) in [6, 6.07) is 0. The van der Waals surface area contributed by atoms with E-state index in [0.29, 0.717) is 6.10 Å². The van der Waals surface area contributed by atoms with Gasteiger partial charge in [-0.25, -0.2) is 0 Å². The second-order valence-corrected chi connectivity index (χ2v) is 2.91. The van der Waals surface area contributed by atoms with Crippen LogP contribution in [0.15, 0.2) is 0 Å². The van der Waals surface area contributed by atoms with Gasteiger partial charge in [0.15, 0.2) is 0 Å². The molecule has 0 bridgehead atoms. The van der Waals surface area contributed by atoms with E-state index in [1.54, 1.807) is 0 Å². The summed E-state index contributed by atoms with van der Waals surface area (Å²) in [5.74, 6) is 0.0444.